The van der Waals surface area contributed by atoms with Crippen molar-refractivity contribution in [2.24, 2.45) is 11.7 Å². The van der Waals surface area contributed by atoms with Crippen LogP contribution >= 0.6 is 12.4 Å². The summed E-state index contributed by atoms with van der Waals surface area (Å²) < 4.78 is 0. The Morgan fingerprint density at radius 1 is 1.26 bits per heavy atom. The minimum absolute atomic E-state index is 0. The van der Waals surface area contributed by atoms with E-state index in [1.54, 1.807) is 0 Å². The average Bonchev–Trinajstić information content (AvgIpc) is 2.37. The fourth-order valence-electron chi connectivity index (χ4n) is 3.59. The molecule has 1 fully saturated rings. The lowest BCUT2D eigenvalue weighted by Crippen LogP contribution is -2.52. The van der Waals surface area contributed by atoms with Crippen LogP contribution in [-0.2, 0) is 5.41 Å². The lowest BCUT2D eigenvalue weighted by atomic mass is 9.63. The molecule has 3 heteroatoms. The summed E-state index contributed by atoms with van der Waals surface area (Å²) in [5, 5.41) is 0. The summed E-state index contributed by atoms with van der Waals surface area (Å²) in [6, 6.07) is 11.6. The zero-order valence-corrected chi connectivity index (χ0v) is 13.1. The third-order valence-corrected chi connectivity index (χ3v) is 4.86. The van der Waals surface area contributed by atoms with Gasteiger partial charge >= 0.3 is 0 Å². The maximum atomic E-state index is 5.91. The Labute approximate surface area is 123 Å². The van der Waals surface area contributed by atoms with Gasteiger partial charge in [-0.2, -0.15) is 0 Å². The molecule has 0 saturated carbocycles. The summed E-state index contributed by atoms with van der Waals surface area (Å²) in [6.07, 6.45) is 2.31. The molecule has 2 nitrogen and oxygen atoms in total. The molecule has 0 aliphatic carbocycles. The molecule has 1 aromatic rings. The van der Waals surface area contributed by atoms with E-state index in [-0.39, 0.29) is 17.8 Å². The van der Waals surface area contributed by atoms with Crippen LogP contribution in [0.2, 0.25) is 0 Å². The van der Waals surface area contributed by atoms with Crippen molar-refractivity contribution in [3.8, 4) is 0 Å². The molecular weight excluding hydrogens is 256 g/mol. The van der Waals surface area contributed by atoms with Gasteiger partial charge in [-0.3, -0.25) is 0 Å². The predicted octanol–water partition coefficient (Wildman–Crippen LogP) is 3.06. The largest absolute Gasteiger partial charge is 0.330 e. The van der Waals surface area contributed by atoms with Gasteiger partial charge in [0.15, 0.2) is 0 Å². The molecule has 0 radical (unpaired) electrons. The maximum Gasteiger partial charge on any atom is 0.00726 e. The first-order valence-corrected chi connectivity index (χ1v) is 7.06. The number of rotatable bonds is 3. The van der Waals surface area contributed by atoms with Crippen molar-refractivity contribution in [3.05, 3.63) is 35.9 Å². The highest BCUT2D eigenvalue weighted by molar-refractivity contribution is 5.85. The molecule has 1 aliphatic rings. The molecule has 0 amide bonds. The summed E-state index contributed by atoms with van der Waals surface area (Å²) in [5.41, 5.74) is 7.65. The van der Waals surface area contributed by atoms with E-state index in [9.17, 15) is 0 Å². The fraction of sp³-hybridized carbons (Fsp3) is 0.625. The van der Waals surface area contributed by atoms with Gasteiger partial charge in [-0.25, -0.2) is 0 Å². The van der Waals surface area contributed by atoms with E-state index in [4.69, 9.17) is 5.73 Å². The molecule has 0 aromatic heterocycles. The van der Waals surface area contributed by atoms with Gasteiger partial charge in [0, 0.05) is 18.0 Å². The standard InChI is InChI=1S/C16H26N2.ClH/c1-13-12-18(3)14(2)11-16(13,9-10-17)15-7-5-4-6-8-15;/h4-8,13-14H,9-12,17H2,1-3H3;1H. The molecule has 3 atom stereocenters. The molecule has 19 heavy (non-hydrogen) atoms. The van der Waals surface area contributed by atoms with E-state index in [0.29, 0.717) is 12.0 Å². The van der Waals surface area contributed by atoms with Crippen LogP contribution in [0.3, 0.4) is 0 Å². The molecule has 3 unspecified atom stereocenters. The number of benzene rings is 1. The summed E-state index contributed by atoms with van der Waals surface area (Å²) in [7, 11) is 2.23. The second-order valence-electron chi connectivity index (χ2n) is 5.95. The summed E-state index contributed by atoms with van der Waals surface area (Å²) in [4.78, 5) is 2.47. The molecular formula is C16H27ClN2. The number of nitrogens with two attached hydrogens (primary N) is 1. The maximum absolute atomic E-state index is 5.91. The SMILES string of the molecule is CC1CC(CCN)(c2ccccc2)C(C)CN1C.Cl. The molecule has 1 aromatic carbocycles. The third-order valence-electron chi connectivity index (χ3n) is 4.86. The van der Waals surface area contributed by atoms with Crippen molar-refractivity contribution in [2.45, 2.75) is 38.1 Å². The average molecular weight is 283 g/mol. The van der Waals surface area contributed by atoms with Crippen LogP contribution in [0, 0.1) is 5.92 Å². The van der Waals surface area contributed by atoms with E-state index in [1.165, 1.54) is 12.0 Å². The Morgan fingerprint density at radius 3 is 2.47 bits per heavy atom. The van der Waals surface area contributed by atoms with E-state index in [1.807, 2.05) is 0 Å². The van der Waals surface area contributed by atoms with Crippen molar-refractivity contribution in [2.75, 3.05) is 20.1 Å². The zero-order valence-electron chi connectivity index (χ0n) is 12.3. The Balaban J connectivity index is 0.00000180. The second kappa shape index (κ2) is 6.74. The first-order chi connectivity index (χ1) is 8.60. The van der Waals surface area contributed by atoms with Gasteiger partial charge in [0.1, 0.15) is 0 Å². The van der Waals surface area contributed by atoms with Gasteiger partial charge in [-0.05, 0) is 44.8 Å². The molecule has 1 heterocycles. The normalized spacial score (nSPS) is 31.8. The number of hydrogen-bond acceptors (Lipinski definition) is 2. The van der Waals surface area contributed by atoms with Crippen molar-refractivity contribution in [1.29, 1.82) is 0 Å². The summed E-state index contributed by atoms with van der Waals surface area (Å²) in [5.74, 6) is 0.657. The van der Waals surface area contributed by atoms with Gasteiger partial charge in [-0.15, -0.1) is 12.4 Å². The first-order valence-electron chi connectivity index (χ1n) is 7.06. The lowest BCUT2D eigenvalue weighted by molar-refractivity contribution is 0.0704. The summed E-state index contributed by atoms with van der Waals surface area (Å²) >= 11 is 0. The lowest BCUT2D eigenvalue weighted by Gasteiger charge is -2.49. The van der Waals surface area contributed by atoms with E-state index >= 15 is 0 Å². The molecule has 2 N–H and O–H groups in total. The van der Waals surface area contributed by atoms with Crippen molar-refractivity contribution < 1.29 is 0 Å². The van der Waals surface area contributed by atoms with Gasteiger partial charge in [0.2, 0.25) is 0 Å². The predicted molar refractivity (Wildman–Crippen MR) is 84.9 cm³/mol. The minimum Gasteiger partial charge on any atom is -0.330 e. The highest BCUT2D eigenvalue weighted by Crippen LogP contribution is 2.43. The molecule has 2 rings (SSSR count). The number of likely N-dealkylation sites (tertiary alicyclic amines) is 1. The van der Waals surface area contributed by atoms with Crippen LogP contribution < -0.4 is 5.73 Å². The highest BCUT2D eigenvalue weighted by atomic mass is 35.5. The Bertz CT molecular complexity index is 382. The third kappa shape index (κ3) is 3.13. The Kier molecular flexibility index (Phi) is 5.84. The smallest absolute Gasteiger partial charge is 0.00726 e. The molecule has 1 aliphatic heterocycles. The van der Waals surface area contributed by atoms with Crippen LogP contribution in [0.25, 0.3) is 0 Å². The van der Waals surface area contributed by atoms with Crippen molar-refractivity contribution in [1.82, 2.24) is 4.90 Å². The molecule has 0 bridgehead atoms. The molecule has 0 spiro atoms. The van der Waals surface area contributed by atoms with E-state index < -0.39 is 0 Å². The summed E-state index contributed by atoms with van der Waals surface area (Å²) in [6.45, 7) is 6.65. The Hall–Kier alpha value is -0.570. The van der Waals surface area contributed by atoms with E-state index in [0.717, 1.165) is 19.5 Å². The molecule has 1 saturated heterocycles. The first kappa shape index (κ1) is 16.5. The van der Waals surface area contributed by atoms with Crippen molar-refractivity contribution >= 4 is 12.4 Å². The van der Waals surface area contributed by atoms with Crippen LogP contribution in [0.15, 0.2) is 30.3 Å². The van der Waals surface area contributed by atoms with Crippen LogP contribution in [0.5, 0.6) is 0 Å². The topological polar surface area (TPSA) is 29.3 Å². The highest BCUT2D eigenvalue weighted by Gasteiger charge is 2.42. The fourth-order valence-corrected chi connectivity index (χ4v) is 3.59. The number of nitrogens with zero attached hydrogens (tertiary/aromatic N) is 1. The van der Waals surface area contributed by atoms with Gasteiger partial charge < -0.3 is 10.6 Å². The quantitative estimate of drug-likeness (QED) is 0.923. The van der Waals surface area contributed by atoms with Gasteiger partial charge in [0.25, 0.3) is 0 Å². The monoisotopic (exact) mass is 282 g/mol. The van der Waals surface area contributed by atoms with E-state index in [2.05, 4.69) is 56.1 Å². The second-order valence-corrected chi connectivity index (χ2v) is 5.95. The Morgan fingerprint density at radius 2 is 1.89 bits per heavy atom. The number of hydrogen-bond donors (Lipinski definition) is 1. The zero-order chi connectivity index (χ0) is 13.2. The number of halogens is 1. The minimum atomic E-state index is 0. The van der Waals surface area contributed by atoms with Crippen LogP contribution in [-0.4, -0.2) is 31.1 Å². The van der Waals surface area contributed by atoms with Gasteiger partial charge in [-0.1, -0.05) is 37.3 Å². The number of piperidine rings is 1. The van der Waals surface area contributed by atoms with Crippen molar-refractivity contribution in [3.63, 3.8) is 0 Å². The van der Waals surface area contributed by atoms with Gasteiger partial charge in [0.05, 0.1) is 0 Å². The molecule has 108 valence electrons. The van der Waals surface area contributed by atoms with Crippen LogP contribution in [0.1, 0.15) is 32.3 Å². The van der Waals surface area contributed by atoms with Crippen LogP contribution in [0.4, 0.5) is 0 Å².